The molecule has 3 aromatic rings. The molecule has 2 aliphatic rings. The van der Waals surface area contributed by atoms with Crippen molar-refractivity contribution in [3.8, 4) is 34.1 Å². The van der Waals surface area contributed by atoms with Crippen molar-refractivity contribution < 1.29 is 14.2 Å². The van der Waals surface area contributed by atoms with Crippen LogP contribution >= 0.6 is 0 Å². The van der Waals surface area contributed by atoms with Crippen LogP contribution in [0.2, 0.25) is 0 Å². The maximum atomic E-state index is 15.1. The van der Waals surface area contributed by atoms with Gasteiger partial charge < -0.3 is 20.1 Å². The molecule has 4 heterocycles. The molecule has 1 aromatic carbocycles. The average Bonchev–Trinajstić information content (AvgIpc) is 2.86. The molecule has 2 bridgehead atoms. The van der Waals surface area contributed by atoms with Crippen LogP contribution in [-0.2, 0) is 0 Å². The number of alkyl halides is 1. The molecule has 4 atom stereocenters. The molecule has 0 unspecified atom stereocenters. The number of aromatic nitrogens is 5. The number of nitrogens with zero attached hydrogens (tertiary/aromatic N) is 6. The summed E-state index contributed by atoms with van der Waals surface area (Å²) in [6, 6.07) is 6.84. The Kier molecular flexibility index (Phi) is 5.99. The van der Waals surface area contributed by atoms with E-state index in [2.05, 4.69) is 30.7 Å². The fourth-order valence-electron chi connectivity index (χ4n) is 4.94. The number of piperidine rings is 2. The van der Waals surface area contributed by atoms with Gasteiger partial charge in [-0.15, -0.1) is 15.3 Å². The van der Waals surface area contributed by atoms with Gasteiger partial charge in [0, 0.05) is 30.8 Å². The lowest BCUT2D eigenvalue weighted by Crippen LogP contribution is -2.61. The summed E-state index contributed by atoms with van der Waals surface area (Å²) in [6.07, 6.45) is 4.35. The van der Waals surface area contributed by atoms with E-state index in [1.807, 2.05) is 18.9 Å². The molecule has 0 saturated carbocycles. The third-order valence-corrected chi connectivity index (χ3v) is 6.89. The number of phenolic OH excluding ortho intramolecular Hbond substituents is 1. The topological polar surface area (TPSA) is 109 Å². The highest BCUT2D eigenvalue weighted by molar-refractivity contribution is 5.71. The summed E-state index contributed by atoms with van der Waals surface area (Å²) in [7, 11) is 3.41. The van der Waals surface area contributed by atoms with Gasteiger partial charge in [-0.1, -0.05) is 12.5 Å². The molecule has 178 valence electrons. The van der Waals surface area contributed by atoms with Crippen LogP contribution in [0.15, 0.2) is 30.5 Å². The molecule has 0 amide bonds. The monoisotopic (exact) mass is 465 g/mol. The number of anilines is 1. The zero-order chi connectivity index (χ0) is 23.8. The average molecular weight is 466 g/mol. The molecule has 0 spiro atoms. The number of halogens is 1. The molecule has 2 N–H and O–H groups in total. The van der Waals surface area contributed by atoms with E-state index in [1.165, 1.54) is 0 Å². The molecular weight excluding hydrogens is 437 g/mol. The Labute approximate surface area is 197 Å². The summed E-state index contributed by atoms with van der Waals surface area (Å²) in [4.78, 5) is 6.24. The Morgan fingerprint density at radius 3 is 2.74 bits per heavy atom. The maximum Gasteiger partial charge on any atom is 0.185 e. The SMILES string of the molecule is COc1cc(-c2ccc(-c3ncc(N(C)[C@H]4C[C@H]5CCC[C@H](N5)[C@H]4F)nn3)c(O)c2)nnc1C. The molecule has 2 fully saturated rings. The van der Waals surface area contributed by atoms with Crippen LogP contribution in [0.4, 0.5) is 10.2 Å². The van der Waals surface area contributed by atoms with Crippen molar-refractivity contribution in [3.63, 3.8) is 0 Å². The number of nitrogens with one attached hydrogen (secondary N) is 1. The fourth-order valence-corrected chi connectivity index (χ4v) is 4.94. The molecule has 0 aliphatic carbocycles. The largest absolute Gasteiger partial charge is 0.507 e. The Balaban J connectivity index is 1.35. The summed E-state index contributed by atoms with van der Waals surface area (Å²) in [5.74, 6) is 1.41. The number of hydrogen-bond acceptors (Lipinski definition) is 9. The normalized spacial score (nSPS) is 24.0. The molecule has 0 radical (unpaired) electrons. The third-order valence-electron chi connectivity index (χ3n) is 6.89. The van der Waals surface area contributed by atoms with Crippen molar-refractivity contribution in [2.75, 3.05) is 19.1 Å². The predicted octanol–water partition coefficient (Wildman–Crippen LogP) is 3.08. The number of fused-ring (bicyclic) bond motifs is 2. The second-order valence-corrected chi connectivity index (χ2v) is 9.01. The predicted molar refractivity (Wildman–Crippen MR) is 126 cm³/mol. The number of phenols is 1. The second kappa shape index (κ2) is 9.09. The highest BCUT2D eigenvalue weighted by Gasteiger charge is 2.42. The first-order chi connectivity index (χ1) is 16.4. The van der Waals surface area contributed by atoms with Crippen molar-refractivity contribution in [2.45, 2.75) is 56.9 Å². The van der Waals surface area contributed by atoms with Crippen LogP contribution in [0.1, 0.15) is 31.4 Å². The molecule has 5 rings (SSSR count). The minimum Gasteiger partial charge on any atom is -0.507 e. The number of hydrogen-bond donors (Lipinski definition) is 2. The Morgan fingerprint density at radius 2 is 2.00 bits per heavy atom. The van der Waals surface area contributed by atoms with Crippen molar-refractivity contribution >= 4 is 5.82 Å². The molecule has 34 heavy (non-hydrogen) atoms. The van der Waals surface area contributed by atoms with Gasteiger partial charge in [0.05, 0.1) is 30.6 Å². The quantitative estimate of drug-likeness (QED) is 0.587. The summed E-state index contributed by atoms with van der Waals surface area (Å²) < 4.78 is 20.4. The van der Waals surface area contributed by atoms with Gasteiger partial charge in [0.1, 0.15) is 23.4 Å². The number of ether oxygens (including phenoxy) is 1. The van der Waals surface area contributed by atoms with Crippen molar-refractivity contribution in [2.24, 2.45) is 0 Å². The van der Waals surface area contributed by atoms with Gasteiger partial charge in [0.25, 0.3) is 0 Å². The Bertz CT molecular complexity index is 1180. The van der Waals surface area contributed by atoms with Crippen LogP contribution in [0.3, 0.4) is 0 Å². The number of methoxy groups -OCH3 is 1. The molecule has 2 aromatic heterocycles. The number of rotatable bonds is 5. The maximum absolute atomic E-state index is 15.1. The van der Waals surface area contributed by atoms with E-state index in [4.69, 9.17) is 4.74 Å². The molecule has 10 heteroatoms. The van der Waals surface area contributed by atoms with E-state index in [1.54, 1.807) is 37.6 Å². The first-order valence-corrected chi connectivity index (χ1v) is 11.5. The Hall–Kier alpha value is -3.40. The molecule has 2 aliphatic heterocycles. The van der Waals surface area contributed by atoms with E-state index < -0.39 is 6.17 Å². The van der Waals surface area contributed by atoms with Crippen LogP contribution in [-0.4, -0.2) is 68.9 Å². The van der Waals surface area contributed by atoms with E-state index in [0.717, 1.165) is 25.7 Å². The van der Waals surface area contributed by atoms with Crippen molar-refractivity contribution in [1.82, 2.24) is 30.7 Å². The van der Waals surface area contributed by atoms with Gasteiger partial charge in [0.15, 0.2) is 11.6 Å². The van der Waals surface area contributed by atoms with Gasteiger partial charge in [-0.05, 0) is 38.3 Å². The smallest absolute Gasteiger partial charge is 0.185 e. The molecule has 2 saturated heterocycles. The second-order valence-electron chi connectivity index (χ2n) is 9.01. The minimum atomic E-state index is -0.969. The summed E-state index contributed by atoms with van der Waals surface area (Å²) in [5.41, 5.74) is 2.38. The highest BCUT2D eigenvalue weighted by atomic mass is 19.1. The van der Waals surface area contributed by atoms with Gasteiger partial charge in [0.2, 0.25) is 0 Å². The summed E-state index contributed by atoms with van der Waals surface area (Å²) in [5, 5.41) is 30.8. The van der Waals surface area contributed by atoms with E-state index in [-0.39, 0.29) is 23.7 Å². The highest BCUT2D eigenvalue weighted by Crippen LogP contribution is 2.34. The fraction of sp³-hybridized carbons (Fsp3) is 0.458. The van der Waals surface area contributed by atoms with Crippen molar-refractivity contribution in [3.05, 3.63) is 36.2 Å². The van der Waals surface area contributed by atoms with Crippen LogP contribution in [0.5, 0.6) is 11.5 Å². The van der Waals surface area contributed by atoms with E-state index in [9.17, 15) is 5.11 Å². The first-order valence-electron chi connectivity index (χ1n) is 11.5. The lowest BCUT2D eigenvalue weighted by molar-refractivity contribution is 0.107. The third kappa shape index (κ3) is 4.13. The zero-order valence-corrected chi connectivity index (χ0v) is 19.4. The van der Waals surface area contributed by atoms with Gasteiger partial charge >= 0.3 is 0 Å². The first kappa shape index (κ1) is 22.4. The summed E-state index contributed by atoms with van der Waals surface area (Å²) >= 11 is 0. The molecule has 9 nitrogen and oxygen atoms in total. The van der Waals surface area contributed by atoms with E-state index >= 15 is 4.39 Å². The van der Waals surface area contributed by atoms with Crippen LogP contribution in [0, 0.1) is 6.92 Å². The minimum absolute atomic E-state index is 0.00301. The van der Waals surface area contributed by atoms with Gasteiger partial charge in [-0.2, -0.15) is 5.10 Å². The number of aryl methyl sites for hydroxylation is 1. The lowest BCUT2D eigenvalue weighted by atomic mass is 9.82. The van der Waals surface area contributed by atoms with Crippen molar-refractivity contribution in [1.29, 1.82) is 0 Å². The van der Waals surface area contributed by atoms with Crippen LogP contribution in [0.25, 0.3) is 22.6 Å². The Morgan fingerprint density at radius 1 is 1.15 bits per heavy atom. The van der Waals surface area contributed by atoms with Crippen LogP contribution < -0.4 is 15.0 Å². The zero-order valence-electron chi connectivity index (χ0n) is 19.4. The standard InChI is InChI=1S/C24H28FN7O2/c1-13-21(34-3)11-18(29-28-13)14-7-8-16(20(33)9-14)24-26-12-22(30-31-24)32(2)19-10-15-5-4-6-17(27-15)23(19)25/h7-9,11-12,15,17,19,23,27,33H,4-6,10H2,1-3H3/t15-,17+,19+,23-/m1/s1. The lowest BCUT2D eigenvalue weighted by Gasteiger charge is -2.45. The summed E-state index contributed by atoms with van der Waals surface area (Å²) in [6.45, 7) is 1.81. The van der Waals surface area contributed by atoms with E-state index in [0.29, 0.717) is 40.1 Å². The van der Waals surface area contributed by atoms with Gasteiger partial charge in [-0.3, -0.25) is 0 Å². The number of benzene rings is 1. The molecular formula is C24H28FN7O2. The number of aromatic hydroxyl groups is 1. The van der Waals surface area contributed by atoms with Gasteiger partial charge in [-0.25, -0.2) is 9.37 Å².